The third-order valence-corrected chi connectivity index (χ3v) is 4.52. The van der Waals surface area contributed by atoms with E-state index in [0.29, 0.717) is 5.75 Å². The van der Waals surface area contributed by atoms with Crippen LogP contribution in [0.25, 0.3) is 0 Å². The summed E-state index contributed by atoms with van der Waals surface area (Å²) in [6.07, 6.45) is 1.75. The van der Waals surface area contributed by atoms with Crippen LogP contribution in [0.2, 0.25) is 0 Å². The van der Waals surface area contributed by atoms with Crippen molar-refractivity contribution in [1.29, 1.82) is 0 Å². The van der Waals surface area contributed by atoms with Crippen molar-refractivity contribution < 1.29 is 5.11 Å². The Hall–Kier alpha value is -1.61. The molecule has 0 spiro atoms. The van der Waals surface area contributed by atoms with Gasteiger partial charge in [0.15, 0.2) is 0 Å². The molecule has 0 aliphatic rings. The third kappa shape index (κ3) is 4.47. The van der Waals surface area contributed by atoms with Crippen LogP contribution in [0.3, 0.4) is 0 Å². The Morgan fingerprint density at radius 2 is 1.50 bits per heavy atom. The van der Waals surface area contributed by atoms with Gasteiger partial charge in [-0.2, -0.15) is 0 Å². The highest BCUT2D eigenvalue weighted by atomic mass is 79.9. The number of hydrogen-bond acceptors (Lipinski definition) is 2. The van der Waals surface area contributed by atoms with Crippen molar-refractivity contribution in [2.45, 2.75) is 52.4 Å². The number of rotatable bonds is 2. The normalized spacial score (nSPS) is 12.8. The molecule has 0 bridgehead atoms. The van der Waals surface area contributed by atoms with Gasteiger partial charge in [0.1, 0.15) is 5.75 Å². The zero-order chi connectivity index (χ0) is 18.1. The summed E-state index contributed by atoms with van der Waals surface area (Å²) in [6.45, 7) is 12.9. The summed E-state index contributed by atoms with van der Waals surface area (Å²) in [5, 5.41) is 10.7. The van der Waals surface area contributed by atoms with Gasteiger partial charge in [0, 0.05) is 21.8 Å². The molecule has 0 aliphatic carbocycles. The molecule has 0 atom stereocenters. The Kier molecular flexibility index (Phi) is 5.24. The molecule has 2 aromatic carbocycles. The average Bonchev–Trinajstić information content (AvgIpc) is 2.45. The van der Waals surface area contributed by atoms with Crippen molar-refractivity contribution in [3.8, 4) is 5.75 Å². The minimum absolute atomic E-state index is 0.00784. The zero-order valence-corrected chi connectivity index (χ0v) is 16.9. The van der Waals surface area contributed by atoms with Crippen LogP contribution in [0.4, 0.5) is 5.69 Å². The Bertz CT molecular complexity index is 747. The minimum atomic E-state index is -0.133. The van der Waals surface area contributed by atoms with Crippen LogP contribution in [0.5, 0.6) is 5.75 Å². The Morgan fingerprint density at radius 3 is 2.00 bits per heavy atom. The lowest BCUT2D eigenvalue weighted by molar-refractivity contribution is 0.444. The number of phenolic OH excluding ortho intramolecular Hbond substituents is 1. The predicted molar refractivity (Wildman–Crippen MR) is 107 cm³/mol. The number of aliphatic imine (C=N–C) groups is 1. The molecule has 2 rings (SSSR count). The van der Waals surface area contributed by atoms with Gasteiger partial charge < -0.3 is 5.11 Å². The first-order valence-electron chi connectivity index (χ1n) is 8.16. The average molecular weight is 388 g/mol. The van der Waals surface area contributed by atoms with E-state index in [-0.39, 0.29) is 10.8 Å². The number of halogens is 1. The molecule has 0 aromatic heterocycles. The van der Waals surface area contributed by atoms with Crippen LogP contribution in [-0.2, 0) is 10.8 Å². The van der Waals surface area contributed by atoms with E-state index < -0.39 is 0 Å². The fourth-order valence-corrected chi connectivity index (χ4v) is 2.70. The highest BCUT2D eigenvalue weighted by Gasteiger charge is 2.24. The fraction of sp³-hybridized carbons (Fsp3) is 0.381. The molecule has 2 aromatic rings. The van der Waals surface area contributed by atoms with Gasteiger partial charge in [0.05, 0.1) is 5.69 Å². The molecule has 128 valence electrons. The number of phenols is 1. The van der Waals surface area contributed by atoms with Crippen molar-refractivity contribution in [3.63, 3.8) is 0 Å². The Labute approximate surface area is 153 Å². The van der Waals surface area contributed by atoms with Crippen LogP contribution >= 0.6 is 15.9 Å². The number of benzene rings is 2. The summed E-state index contributed by atoms with van der Waals surface area (Å²) in [7, 11) is 0. The van der Waals surface area contributed by atoms with E-state index in [4.69, 9.17) is 0 Å². The van der Waals surface area contributed by atoms with E-state index in [1.54, 1.807) is 6.21 Å². The summed E-state index contributed by atoms with van der Waals surface area (Å²) >= 11 is 3.42. The second-order valence-electron chi connectivity index (χ2n) is 8.20. The molecule has 1 N–H and O–H groups in total. The minimum Gasteiger partial charge on any atom is -0.507 e. The number of hydrogen-bond donors (Lipinski definition) is 1. The Morgan fingerprint density at radius 1 is 0.917 bits per heavy atom. The molecule has 0 unspecified atom stereocenters. The smallest absolute Gasteiger partial charge is 0.128 e. The van der Waals surface area contributed by atoms with Gasteiger partial charge in [0.2, 0.25) is 0 Å². The van der Waals surface area contributed by atoms with Gasteiger partial charge in [-0.1, -0.05) is 63.5 Å². The fourth-order valence-electron chi connectivity index (χ4n) is 2.43. The maximum atomic E-state index is 10.7. The van der Waals surface area contributed by atoms with E-state index in [1.807, 2.05) is 30.3 Å². The van der Waals surface area contributed by atoms with Gasteiger partial charge in [-0.3, -0.25) is 4.99 Å². The maximum Gasteiger partial charge on any atom is 0.128 e. The van der Waals surface area contributed by atoms with Gasteiger partial charge in [-0.05, 0) is 46.7 Å². The van der Waals surface area contributed by atoms with Crippen LogP contribution in [0.1, 0.15) is 58.2 Å². The maximum absolute atomic E-state index is 10.7. The van der Waals surface area contributed by atoms with Crippen LogP contribution in [0, 0.1) is 0 Å². The Balaban J connectivity index is 2.54. The van der Waals surface area contributed by atoms with Crippen molar-refractivity contribution in [2.24, 2.45) is 4.99 Å². The van der Waals surface area contributed by atoms with Crippen LogP contribution in [0.15, 0.2) is 45.9 Å². The van der Waals surface area contributed by atoms with Crippen molar-refractivity contribution >= 4 is 27.8 Å². The van der Waals surface area contributed by atoms with E-state index in [1.165, 1.54) is 5.56 Å². The van der Waals surface area contributed by atoms with Crippen molar-refractivity contribution in [2.75, 3.05) is 0 Å². The second kappa shape index (κ2) is 6.72. The molecular formula is C21H26BrNO. The molecule has 3 heteroatoms. The predicted octanol–water partition coefficient (Wildman–Crippen LogP) is 6.50. The number of nitrogens with zero attached hydrogens (tertiary/aromatic N) is 1. The topological polar surface area (TPSA) is 32.6 Å². The summed E-state index contributed by atoms with van der Waals surface area (Å²) in [6, 6.07) is 11.9. The summed E-state index contributed by atoms with van der Waals surface area (Å²) in [5.41, 5.74) is 3.64. The molecule has 0 saturated heterocycles. The SMILES string of the molecule is CC(C)(C)c1cc(/C=N/c2ccc(Br)cc2)c(O)c(C(C)(C)C)c1. The lowest BCUT2D eigenvalue weighted by Gasteiger charge is -2.26. The quantitative estimate of drug-likeness (QED) is 0.585. The van der Waals surface area contributed by atoms with E-state index in [0.717, 1.165) is 21.3 Å². The molecule has 0 heterocycles. The van der Waals surface area contributed by atoms with Crippen molar-refractivity contribution in [3.05, 3.63) is 57.6 Å². The van der Waals surface area contributed by atoms with E-state index in [9.17, 15) is 5.11 Å². The zero-order valence-electron chi connectivity index (χ0n) is 15.3. The highest BCUT2D eigenvalue weighted by molar-refractivity contribution is 9.10. The van der Waals surface area contributed by atoms with Crippen LogP contribution < -0.4 is 0 Å². The largest absolute Gasteiger partial charge is 0.507 e. The molecular weight excluding hydrogens is 362 g/mol. The molecule has 0 radical (unpaired) electrons. The van der Waals surface area contributed by atoms with Gasteiger partial charge in [-0.15, -0.1) is 0 Å². The third-order valence-electron chi connectivity index (χ3n) is 3.99. The molecule has 24 heavy (non-hydrogen) atoms. The first-order valence-corrected chi connectivity index (χ1v) is 8.95. The van der Waals surface area contributed by atoms with Gasteiger partial charge in [0.25, 0.3) is 0 Å². The van der Waals surface area contributed by atoms with Crippen LogP contribution in [-0.4, -0.2) is 11.3 Å². The summed E-state index contributed by atoms with van der Waals surface area (Å²) < 4.78 is 1.02. The standard InChI is InChI=1S/C21H26BrNO/c1-20(2,3)15-11-14(19(24)18(12-15)21(4,5)6)13-23-17-9-7-16(22)8-10-17/h7-13,24H,1-6H3/b23-13+. The summed E-state index contributed by atoms with van der Waals surface area (Å²) in [4.78, 5) is 4.52. The van der Waals surface area contributed by atoms with E-state index >= 15 is 0 Å². The monoisotopic (exact) mass is 387 g/mol. The molecule has 0 fully saturated rings. The van der Waals surface area contributed by atoms with Gasteiger partial charge in [-0.25, -0.2) is 0 Å². The lowest BCUT2D eigenvalue weighted by Crippen LogP contribution is -2.17. The lowest BCUT2D eigenvalue weighted by atomic mass is 9.79. The highest BCUT2D eigenvalue weighted by Crippen LogP contribution is 2.37. The molecule has 0 saturated carbocycles. The van der Waals surface area contributed by atoms with Crippen molar-refractivity contribution in [1.82, 2.24) is 0 Å². The molecule has 0 amide bonds. The summed E-state index contributed by atoms with van der Waals surface area (Å²) in [5.74, 6) is 0.316. The first-order chi connectivity index (χ1) is 11.0. The molecule has 2 nitrogen and oxygen atoms in total. The number of aromatic hydroxyl groups is 1. The first kappa shape index (κ1) is 18.7. The second-order valence-corrected chi connectivity index (χ2v) is 9.11. The van der Waals surface area contributed by atoms with Gasteiger partial charge >= 0.3 is 0 Å². The van der Waals surface area contributed by atoms with E-state index in [2.05, 4.69) is 68.5 Å². The molecule has 0 aliphatic heterocycles.